The van der Waals surface area contributed by atoms with Gasteiger partial charge < -0.3 is 4.57 Å². The highest BCUT2D eigenvalue weighted by Crippen LogP contribution is 2.33. The second-order valence-corrected chi connectivity index (χ2v) is 7.51. The smallest absolute Gasteiger partial charge is 0.0654 e. The van der Waals surface area contributed by atoms with Crippen molar-refractivity contribution in [1.82, 2.24) is 9.55 Å². The van der Waals surface area contributed by atoms with E-state index in [1.165, 1.54) is 21.8 Å². The van der Waals surface area contributed by atoms with Crippen LogP contribution in [0.2, 0.25) is 0 Å². The molecule has 0 radical (unpaired) electrons. The van der Waals surface area contributed by atoms with E-state index >= 15 is 0 Å². The highest BCUT2D eigenvalue weighted by Gasteiger charge is 2.12. The van der Waals surface area contributed by atoms with Gasteiger partial charge in [0.15, 0.2) is 0 Å². The number of fused-ring (bicyclic) bond motifs is 3. The molecule has 2 nitrogen and oxygen atoms in total. The fourth-order valence-corrected chi connectivity index (χ4v) is 3.76. The molecule has 23 heavy (non-hydrogen) atoms. The minimum atomic E-state index is 0.759. The zero-order chi connectivity index (χ0) is 16.0. The van der Waals surface area contributed by atoms with Crippen molar-refractivity contribution in [2.45, 2.75) is 13.5 Å². The van der Waals surface area contributed by atoms with Crippen molar-refractivity contribution in [1.29, 1.82) is 0 Å². The first kappa shape index (κ1) is 14.9. The summed E-state index contributed by atoms with van der Waals surface area (Å²) < 4.78 is 4.51. The van der Waals surface area contributed by atoms with Crippen LogP contribution in [0, 0.1) is 6.92 Å². The van der Waals surface area contributed by atoms with E-state index in [1.807, 2.05) is 13.0 Å². The Kier molecular flexibility index (Phi) is 3.74. The number of hydrogen-bond acceptors (Lipinski definition) is 1. The Balaban J connectivity index is 2.01. The van der Waals surface area contributed by atoms with Gasteiger partial charge in [0.05, 0.1) is 23.3 Å². The zero-order valence-corrected chi connectivity index (χ0v) is 15.7. The largest absolute Gasteiger partial charge is 0.334 e. The lowest BCUT2D eigenvalue weighted by Gasteiger charge is -2.08. The van der Waals surface area contributed by atoms with Gasteiger partial charge in [-0.2, -0.15) is 0 Å². The van der Waals surface area contributed by atoms with Crippen molar-refractivity contribution >= 4 is 53.7 Å². The summed E-state index contributed by atoms with van der Waals surface area (Å²) in [4.78, 5) is 4.66. The lowest BCUT2D eigenvalue weighted by Crippen LogP contribution is -2.02. The van der Waals surface area contributed by atoms with Gasteiger partial charge in [-0.1, -0.05) is 50.1 Å². The van der Waals surface area contributed by atoms with Gasteiger partial charge in [-0.15, -0.1) is 0 Å². The van der Waals surface area contributed by atoms with E-state index in [0.29, 0.717) is 0 Å². The first-order valence-electron chi connectivity index (χ1n) is 7.41. The Morgan fingerprint density at radius 1 is 0.870 bits per heavy atom. The average Bonchev–Trinajstić information content (AvgIpc) is 2.80. The summed E-state index contributed by atoms with van der Waals surface area (Å²) in [6.07, 6.45) is 0. The van der Waals surface area contributed by atoms with E-state index in [4.69, 9.17) is 0 Å². The Morgan fingerprint density at radius 2 is 1.48 bits per heavy atom. The molecule has 0 aliphatic carbocycles. The predicted molar refractivity (Wildman–Crippen MR) is 103 cm³/mol. The minimum absolute atomic E-state index is 0.759. The summed E-state index contributed by atoms with van der Waals surface area (Å²) in [6.45, 7) is 2.79. The van der Waals surface area contributed by atoms with Crippen LogP contribution in [-0.2, 0) is 6.54 Å². The van der Waals surface area contributed by atoms with E-state index < -0.39 is 0 Å². The number of hydrogen-bond donors (Lipinski definition) is 0. The van der Waals surface area contributed by atoms with E-state index in [9.17, 15) is 0 Å². The molecule has 0 amide bonds. The van der Waals surface area contributed by atoms with Gasteiger partial charge in [0, 0.05) is 25.4 Å². The molecule has 0 N–H and O–H groups in total. The molecule has 0 atom stereocenters. The van der Waals surface area contributed by atoms with Crippen LogP contribution in [0.1, 0.15) is 11.4 Å². The highest BCUT2D eigenvalue weighted by molar-refractivity contribution is 9.10. The third-order valence-electron chi connectivity index (χ3n) is 4.06. The van der Waals surface area contributed by atoms with Crippen molar-refractivity contribution in [3.8, 4) is 0 Å². The summed E-state index contributed by atoms with van der Waals surface area (Å²) >= 11 is 7.19. The van der Waals surface area contributed by atoms with Crippen LogP contribution in [0.3, 0.4) is 0 Å². The SMILES string of the molecule is Cc1cccc(Cn2c3cc(Br)ccc3c3ccc(Br)cc32)n1. The van der Waals surface area contributed by atoms with Crippen molar-refractivity contribution in [3.05, 3.63) is 74.9 Å². The fourth-order valence-electron chi connectivity index (χ4n) is 3.06. The molecule has 2 heterocycles. The van der Waals surface area contributed by atoms with E-state index in [2.05, 4.69) is 89.9 Å². The molecule has 0 fully saturated rings. The van der Waals surface area contributed by atoms with Gasteiger partial charge in [-0.3, -0.25) is 4.98 Å². The fraction of sp³-hybridized carbons (Fsp3) is 0.105. The third-order valence-corrected chi connectivity index (χ3v) is 5.04. The predicted octanol–water partition coefficient (Wildman–Crippen LogP) is 6.07. The van der Waals surface area contributed by atoms with Gasteiger partial charge in [0.2, 0.25) is 0 Å². The Hall–Kier alpha value is -1.65. The normalized spacial score (nSPS) is 11.4. The average molecular weight is 430 g/mol. The van der Waals surface area contributed by atoms with Crippen molar-refractivity contribution in [3.63, 3.8) is 0 Å². The highest BCUT2D eigenvalue weighted by atomic mass is 79.9. The number of nitrogens with zero attached hydrogens (tertiary/aromatic N) is 2. The lowest BCUT2D eigenvalue weighted by molar-refractivity contribution is 0.828. The summed E-state index contributed by atoms with van der Waals surface area (Å²) in [5.74, 6) is 0. The quantitative estimate of drug-likeness (QED) is 0.378. The second kappa shape index (κ2) is 5.77. The van der Waals surface area contributed by atoms with Gasteiger partial charge in [-0.05, 0) is 43.3 Å². The number of aromatic nitrogens is 2. The summed E-state index contributed by atoms with van der Waals surface area (Å²) in [6, 6.07) is 19.1. The minimum Gasteiger partial charge on any atom is -0.334 e. The Morgan fingerprint density at radius 3 is 2.04 bits per heavy atom. The van der Waals surface area contributed by atoms with Crippen LogP contribution in [0.25, 0.3) is 21.8 Å². The van der Waals surface area contributed by atoms with Crippen LogP contribution in [0.15, 0.2) is 63.5 Å². The molecule has 2 aromatic heterocycles. The molecule has 114 valence electrons. The maximum atomic E-state index is 4.66. The molecule has 0 saturated carbocycles. The van der Waals surface area contributed by atoms with Crippen LogP contribution < -0.4 is 0 Å². The first-order valence-corrected chi connectivity index (χ1v) is 9.00. The van der Waals surface area contributed by atoms with Crippen LogP contribution in [0.5, 0.6) is 0 Å². The molecule has 0 unspecified atom stereocenters. The molecule has 4 aromatic rings. The standard InChI is InChI=1S/C19H14Br2N2/c1-12-3-2-4-15(22-12)11-23-18-9-13(20)5-7-16(18)17-8-6-14(21)10-19(17)23/h2-10H,11H2,1H3. The van der Waals surface area contributed by atoms with Crippen LogP contribution >= 0.6 is 31.9 Å². The molecule has 0 aliphatic rings. The van der Waals surface area contributed by atoms with Gasteiger partial charge in [0.25, 0.3) is 0 Å². The molecular formula is C19H14Br2N2. The third kappa shape index (κ3) is 2.70. The number of aryl methyl sites for hydroxylation is 1. The lowest BCUT2D eigenvalue weighted by atomic mass is 10.2. The molecule has 0 saturated heterocycles. The van der Waals surface area contributed by atoms with Crippen LogP contribution in [0.4, 0.5) is 0 Å². The Labute approximate surface area is 151 Å². The maximum Gasteiger partial charge on any atom is 0.0654 e. The molecule has 4 rings (SSSR count). The summed E-state index contributed by atoms with van der Waals surface area (Å²) in [7, 11) is 0. The van der Waals surface area contributed by atoms with Crippen LogP contribution in [-0.4, -0.2) is 9.55 Å². The number of rotatable bonds is 2. The number of pyridine rings is 1. The van der Waals surface area contributed by atoms with Gasteiger partial charge in [0.1, 0.15) is 0 Å². The number of halogens is 2. The van der Waals surface area contributed by atoms with Crippen molar-refractivity contribution < 1.29 is 0 Å². The monoisotopic (exact) mass is 428 g/mol. The molecule has 0 aliphatic heterocycles. The topological polar surface area (TPSA) is 17.8 Å². The van der Waals surface area contributed by atoms with E-state index in [-0.39, 0.29) is 0 Å². The molecule has 0 spiro atoms. The molecule has 2 aromatic carbocycles. The molecule has 0 bridgehead atoms. The summed E-state index contributed by atoms with van der Waals surface area (Å²) in [5, 5.41) is 2.53. The van der Waals surface area contributed by atoms with E-state index in [0.717, 1.165) is 26.9 Å². The van der Waals surface area contributed by atoms with E-state index in [1.54, 1.807) is 0 Å². The first-order chi connectivity index (χ1) is 11.1. The van der Waals surface area contributed by atoms with Gasteiger partial charge in [-0.25, -0.2) is 0 Å². The van der Waals surface area contributed by atoms with Crippen molar-refractivity contribution in [2.24, 2.45) is 0 Å². The molecular weight excluding hydrogens is 416 g/mol. The molecule has 4 heteroatoms. The van der Waals surface area contributed by atoms with Crippen molar-refractivity contribution in [2.75, 3.05) is 0 Å². The summed E-state index contributed by atoms with van der Waals surface area (Å²) in [5.41, 5.74) is 4.56. The zero-order valence-electron chi connectivity index (χ0n) is 12.6. The maximum absolute atomic E-state index is 4.66. The Bertz CT molecular complexity index is 975. The van der Waals surface area contributed by atoms with Gasteiger partial charge >= 0.3 is 0 Å². The second-order valence-electron chi connectivity index (χ2n) is 5.68. The number of benzene rings is 2.